The number of imidazole rings is 1. The van der Waals surface area contributed by atoms with Crippen LogP contribution in [0.3, 0.4) is 0 Å². The Morgan fingerprint density at radius 2 is 2.10 bits per heavy atom. The summed E-state index contributed by atoms with van der Waals surface area (Å²) in [4.78, 5) is 15.1. The van der Waals surface area contributed by atoms with Gasteiger partial charge in [-0.15, -0.1) is 0 Å². The number of benzene rings is 2. The van der Waals surface area contributed by atoms with E-state index in [0.717, 1.165) is 5.52 Å². The summed E-state index contributed by atoms with van der Waals surface area (Å²) in [5.41, 5.74) is 2.13. The molecule has 0 bridgehead atoms. The lowest BCUT2D eigenvalue weighted by Gasteiger charge is -2.07. The number of rotatable bonds is 3. The minimum Gasteiger partial charge on any atom is -0.494 e. The maximum absolute atomic E-state index is 13.5. The van der Waals surface area contributed by atoms with Crippen LogP contribution in [0, 0.1) is 5.82 Å². The number of aromatic nitrogens is 2. The van der Waals surface area contributed by atoms with Gasteiger partial charge in [0.15, 0.2) is 11.6 Å². The van der Waals surface area contributed by atoms with Gasteiger partial charge in [0.2, 0.25) is 0 Å². The third kappa shape index (κ3) is 2.20. The van der Waals surface area contributed by atoms with E-state index in [1.165, 1.54) is 25.3 Å². The fourth-order valence-corrected chi connectivity index (χ4v) is 2.15. The highest BCUT2D eigenvalue weighted by atomic mass is 19.1. The van der Waals surface area contributed by atoms with E-state index >= 15 is 0 Å². The molecule has 0 fully saturated rings. The van der Waals surface area contributed by atoms with Crippen molar-refractivity contribution in [3.8, 4) is 11.4 Å². The second-order valence-electron chi connectivity index (χ2n) is 4.44. The number of aromatic carboxylic acids is 1. The van der Waals surface area contributed by atoms with Gasteiger partial charge in [-0.1, -0.05) is 0 Å². The minimum atomic E-state index is -1.00. The van der Waals surface area contributed by atoms with Crippen LogP contribution in [-0.4, -0.2) is 27.7 Å². The lowest BCUT2D eigenvalue weighted by atomic mass is 10.2. The highest BCUT2D eigenvalue weighted by molar-refractivity contribution is 5.92. The Labute approximate surface area is 119 Å². The van der Waals surface area contributed by atoms with Crippen molar-refractivity contribution in [2.24, 2.45) is 0 Å². The lowest BCUT2D eigenvalue weighted by molar-refractivity contribution is 0.0697. The zero-order chi connectivity index (χ0) is 15.0. The second kappa shape index (κ2) is 4.90. The average molecular weight is 286 g/mol. The molecular formula is C15H11FN2O3. The molecule has 2 aromatic carbocycles. The van der Waals surface area contributed by atoms with Crippen molar-refractivity contribution in [2.75, 3.05) is 7.11 Å². The summed E-state index contributed by atoms with van der Waals surface area (Å²) in [6.45, 7) is 0. The number of methoxy groups -OCH3 is 1. The monoisotopic (exact) mass is 286 g/mol. The quantitative estimate of drug-likeness (QED) is 0.804. The van der Waals surface area contributed by atoms with E-state index in [0.29, 0.717) is 11.2 Å². The van der Waals surface area contributed by atoms with E-state index < -0.39 is 11.8 Å². The molecule has 0 amide bonds. The molecule has 0 saturated heterocycles. The first-order valence-corrected chi connectivity index (χ1v) is 6.14. The standard InChI is InChI=1S/C15H11FN2O3/c1-21-14-7-10(3-4-11(14)16)18-8-17-12-6-9(15(19)20)2-5-13(12)18/h2-8H,1H3,(H,19,20). The van der Waals surface area contributed by atoms with Gasteiger partial charge in [-0.3, -0.25) is 4.57 Å². The number of ether oxygens (including phenoxy) is 1. The van der Waals surface area contributed by atoms with Gasteiger partial charge >= 0.3 is 5.97 Å². The van der Waals surface area contributed by atoms with E-state index in [9.17, 15) is 9.18 Å². The molecule has 21 heavy (non-hydrogen) atoms. The van der Waals surface area contributed by atoms with E-state index in [-0.39, 0.29) is 11.3 Å². The first kappa shape index (κ1) is 13.1. The van der Waals surface area contributed by atoms with Crippen molar-refractivity contribution < 1.29 is 19.0 Å². The Bertz CT molecular complexity index is 842. The number of hydrogen-bond acceptors (Lipinski definition) is 3. The summed E-state index contributed by atoms with van der Waals surface area (Å²) >= 11 is 0. The summed E-state index contributed by atoms with van der Waals surface area (Å²) in [6, 6.07) is 9.14. The second-order valence-corrected chi connectivity index (χ2v) is 4.44. The maximum atomic E-state index is 13.5. The average Bonchev–Trinajstić information content (AvgIpc) is 2.90. The molecule has 3 rings (SSSR count). The van der Waals surface area contributed by atoms with Crippen LogP contribution in [0.5, 0.6) is 5.75 Å². The SMILES string of the molecule is COc1cc(-n2cnc3cc(C(=O)O)ccc32)ccc1F. The van der Waals surface area contributed by atoms with Crippen LogP contribution >= 0.6 is 0 Å². The van der Waals surface area contributed by atoms with Gasteiger partial charge < -0.3 is 9.84 Å². The maximum Gasteiger partial charge on any atom is 0.335 e. The van der Waals surface area contributed by atoms with Gasteiger partial charge in [-0.25, -0.2) is 14.2 Å². The molecule has 0 saturated carbocycles. The highest BCUT2D eigenvalue weighted by Gasteiger charge is 2.10. The molecular weight excluding hydrogens is 275 g/mol. The van der Waals surface area contributed by atoms with E-state index in [1.54, 1.807) is 29.1 Å². The Morgan fingerprint density at radius 1 is 1.29 bits per heavy atom. The molecule has 0 spiro atoms. The number of fused-ring (bicyclic) bond motifs is 1. The van der Waals surface area contributed by atoms with Crippen LogP contribution in [0.2, 0.25) is 0 Å². The Morgan fingerprint density at radius 3 is 2.81 bits per heavy atom. The zero-order valence-corrected chi connectivity index (χ0v) is 11.1. The number of carboxylic acid groups (broad SMARTS) is 1. The summed E-state index contributed by atoms with van der Waals surface area (Å²) in [5.74, 6) is -1.31. The number of carboxylic acids is 1. The molecule has 0 aliphatic rings. The summed E-state index contributed by atoms with van der Waals surface area (Å²) < 4.78 is 20.2. The zero-order valence-electron chi connectivity index (χ0n) is 11.1. The number of hydrogen-bond donors (Lipinski definition) is 1. The van der Waals surface area contributed by atoms with Gasteiger partial charge in [0.25, 0.3) is 0 Å². The fraction of sp³-hybridized carbons (Fsp3) is 0.0667. The number of carbonyl (C=O) groups is 1. The minimum absolute atomic E-state index is 0.136. The van der Waals surface area contributed by atoms with E-state index in [1.807, 2.05) is 0 Å². The normalized spacial score (nSPS) is 10.8. The molecule has 1 N–H and O–H groups in total. The Balaban J connectivity index is 2.15. The van der Waals surface area contributed by atoms with Crippen molar-refractivity contribution >= 4 is 17.0 Å². The number of nitrogens with zero attached hydrogens (tertiary/aromatic N) is 2. The van der Waals surface area contributed by atoms with E-state index in [4.69, 9.17) is 9.84 Å². The first-order valence-electron chi connectivity index (χ1n) is 6.14. The van der Waals surface area contributed by atoms with Gasteiger partial charge in [0, 0.05) is 6.07 Å². The van der Waals surface area contributed by atoms with Gasteiger partial charge in [0.1, 0.15) is 6.33 Å². The van der Waals surface area contributed by atoms with E-state index in [2.05, 4.69) is 4.98 Å². The van der Waals surface area contributed by atoms with Crippen LogP contribution in [0.1, 0.15) is 10.4 Å². The predicted molar refractivity (Wildman–Crippen MR) is 74.5 cm³/mol. The molecule has 0 aliphatic carbocycles. The summed E-state index contributed by atoms with van der Waals surface area (Å²) in [5, 5.41) is 8.97. The third-order valence-corrected chi connectivity index (χ3v) is 3.21. The molecule has 0 aliphatic heterocycles. The number of halogens is 1. The van der Waals surface area contributed by atoms with Crippen molar-refractivity contribution in [1.29, 1.82) is 0 Å². The van der Waals surface area contributed by atoms with Crippen LogP contribution in [-0.2, 0) is 0 Å². The van der Waals surface area contributed by atoms with Crippen LogP contribution in [0.25, 0.3) is 16.7 Å². The molecule has 1 heterocycles. The topological polar surface area (TPSA) is 64.4 Å². The Hall–Kier alpha value is -2.89. The molecule has 0 unspecified atom stereocenters. The lowest BCUT2D eigenvalue weighted by Crippen LogP contribution is -1.97. The van der Waals surface area contributed by atoms with Crippen molar-refractivity contribution in [1.82, 2.24) is 9.55 Å². The summed E-state index contributed by atoms with van der Waals surface area (Å²) in [7, 11) is 1.40. The van der Waals surface area contributed by atoms with Crippen molar-refractivity contribution in [3.63, 3.8) is 0 Å². The summed E-state index contributed by atoms with van der Waals surface area (Å²) in [6.07, 6.45) is 1.56. The molecule has 1 aromatic heterocycles. The van der Waals surface area contributed by atoms with Gasteiger partial charge in [0.05, 0.1) is 29.4 Å². The molecule has 3 aromatic rings. The highest BCUT2D eigenvalue weighted by Crippen LogP contribution is 2.24. The largest absolute Gasteiger partial charge is 0.494 e. The predicted octanol–water partition coefficient (Wildman–Crippen LogP) is 2.87. The van der Waals surface area contributed by atoms with Gasteiger partial charge in [-0.05, 0) is 30.3 Å². The molecule has 106 valence electrons. The third-order valence-electron chi connectivity index (χ3n) is 3.21. The molecule has 0 atom stereocenters. The van der Waals surface area contributed by atoms with Crippen molar-refractivity contribution in [2.45, 2.75) is 0 Å². The van der Waals surface area contributed by atoms with Crippen LogP contribution < -0.4 is 4.74 Å². The first-order chi connectivity index (χ1) is 10.1. The molecule has 6 heteroatoms. The fourth-order valence-electron chi connectivity index (χ4n) is 2.15. The van der Waals surface area contributed by atoms with Crippen LogP contribution in [0.15, 0.2) is 42.7 Å². The van der Waals surface area contributed by atoms with Crippen LogP contribution in [0.4, 0.5) is 4.39 Å². The Kier molecular flexibility index (Phi) is 3.06. The van der Waals surface area contributed by atoms with Crippen molar-refractivity contribution in [3.05, 3.63) is 54.1 Å². The van der Waals surface area contributed by atoms with Gasteiger partial charge in [-0.2, -0.15) is 0 Å². The smallest absolute Gasteiger partial charge is 0.335 e. The molecule has 0 radical (unpaired) electrons. The molecule has 5 nitrogen and oxygen atoms in total.